The molecular weight excluding hydrogens is 711 g/mol. The normalized spacial score (nSPS) is 11.9. The molecule has 0 unspecified atom stereocenters. The minimum Gasteiger partial charge on any atom is -0.309 e. The van der Waals surface area contributed by atoms with E-state index >= 15 is 0 Å². The van der Waals surface area contributed by atoms with Gasteiger partial charge in [-0.25, -0.2) is 4.98 Å². The summed E-state index contributed by atoms with van der Waals surface area (Å²) < 4.78 is 7.40. The van der Waals surface area contributed by atoms with Gasteiger partial charge >= 0.3 is 0 Å². The molecule has 4 heteroatoms. The molecule has 0 aliphatic rings. The van der Waals surface area contributed by atoms with Gasteiger partial charge < -0.3 is 4.57 Å². The van der Waals surface area contributed by atoms with E-state index in [0.29, 0.717) is 0 Å². The van der Waals surface area contributed by atoms with E-state index in [9.17, 15) is 0 Å². The van der Waals surface area contributed by atoms with Gasteiger partial charge in [0, 0.05) is 53.0 Å². The van der Waals surface area contributed by atoms with Gasteiger partial charge in [-0.2, -0.15) is 0 Å². The van der Waals surface area contributed by atoms with Crippen molar-refractivity contribution in [2.75, 3.05) is 0 Å². The van der Waals surface area contributed by atoms with Gasteiger partial charge in [0.25, 0.3) is 0 Å². The maximum Gasteiger partial charge on any atom is 0.138 e. The van der Waals surface area contributed by atoms with Gasteiger partial charge in [-0.1, -0.05) is 127 Å². The number of aromatic nitrogens is 3. The number of benzene rings is 8. The van der Waals surface area contributed by atoms with E-state index < -0.39 is 0 Å². The maximum absolute atomic E-state index is 5.33. The van der Waals surface area contributed by atoms with Crippen LogP contribution in [0, 0.1) is 0 Å². The number of pyridine rings is 1. The number of fused-ring (bicyclic) bond motifs is 9. The third-order valence-electron chi connectivity index (χ3n) is 11.5. The fourth-order valence-corrected chi connectivity index (χ4v) is 9.95. The Kier molecular flexibility index (Phi) is 7.10. The summed E-state index contributed by atoms with van der Waals surface area (Å²) in [5.41, 5.74) is 12.6. The molecule has 57 heavy (non-hydrogen) atoms. The van der Waals surface area contributed by atoms with Gasteiger partial charge in [-0.05, 0) is 95.1 Å². The average molecular weight is 744 g/mol. The highest BCUT2D eigenvalue weighted by molar-refractivity contribution is 7.25. The highest BCUT2D eigenvalue weighted by atomic mass is 32.1. The van der Waals surface area contributed by atoms with Gasteiger partial charge in [0.1, 0.15) is 5.82 Å². The lowest BCUT2D eigenvalue weighted by Crippen LogP contribution is -2.00. The third kappa shape index (κ3) is 5.08. The van der Waals surface area contributed by atoms with Crippen LogP contribution in [-0.4, -0.2) is 14.1 Å². The molecule has 0 aliphatic heterocycles. The van der Waals surface area contributed by atoms with Crippen molar-refractivity contribution in [2.45, 2.75) is 0 Å². The second kappa shape index (κ2) is 12.6. The van der Waals surface area contributed by atoms with Gasteiger partial charge in [0.15, 0.2) is 0 Å². The van der Waals surface area contributed by atoms with Crippen molar-refractivity contribution in [3.8, 4) is 45.0 Å². The summed E-state index contributed by atoms with van der Waals surface area (Å²) in [5, 5.41) is 7.53. The molecule has 0 aliphatic carbocycles. The van der Waals surface area contributed by atoms with Crippen LogP contribution in [0.2, 0.25) is 0 Å². The van der Waals surface area contributed by atoms with Gasteiger partial charge in [-0.3, -0.25) is 4.57 Å². The fourth-order valence-electron chi connectivity index (χ4n) is 8.87. The van der Waals surface area contributed by atoms with Crippen LogP contribution in [0.4, 0.5) is 0 Å². The minimum absolute atomic E-state index is 0.900. The summed E-state index contributed by atoms with van der Waals surface area (Å²) in [7, 11) is 0. The average Bonchev–Trinajstić information content (AvgIpc) is 3.94. The van der Waals surface area contributed by atoms with Crippen LogP contribution in [-0.2, 0) is 0 Å². The van der Waals surface area contributed by atoms with Crippen molar-refractivity contribution in [3.05, 3.63) is 200 Å². The summed E-state index contributed by atoms with van der Waals surface area (Å²) in [6.45, 7) is 0. The third-order valence-corrected chi connectivity index (χ3v) is 12.7. The van der Waals surface area contributed by atoms with Crippen molar-refractivity contribution >= 4 is 75.1 Å². The molecule has 4 aromatic heterocycles. The lowest BCUT2D eigenvalue weighted by molar-refractivity contribution is 1.08. The second-order valence-electron chi connectivity index (χ2n) is 14.8. The molecule has 0 N–H and O–H groups in total. The minimum atomic E-state index is 0.900. The molecule has 3 nitrogen and oxygen atoms in total. The van der Waals surface area contributed by atoms with E-state index in [1.54, 1.807) is 0 Å². The van der Waals surface area contributed by atoms with E-state index in [1.807, 2.05) is 11.3 Å². The standard InChI is InChI=1S/C53H33N3S/c1-3-13-34(14-4-1)38-31-46(35-15-5-2-6-16-35)54-53(32-38)56-48-21-11-8-18-41(48)44-30-37(24-27-50(44)56)36-23-26-49-43(29-36)40-17-7-10-20-47(40)55(49)39-25-28-52-45(33-39)42-19-9-12-22-51(42)57-52/h1-33H. The SMILES string of the molecule is c1ccc(-c2cc(-c3ccccc3)nc(-n3c4ccccc4c4cc(-c5ccc6c(c5)c5ccccc5n6-c5ccc6sc7ccccc7c6c5)ccc43)c2)cc1. The smallest absolute Gasteiger partial charge is 0.138 e. The van der Waals surface area contributed by atoms with Crippen molar-refractivity contribution < 1.29 is 0 Å². The van der Waals surface area contributed by atoms with Crippen LogP contribution in [0.1, 0.15) is 0 Å². The molecule has 0 bridgehead atoms. The molecular formula is C53H33N3S. The van der Waals surface area contributed by atoms with Crippen molar-refractivity contribution in [1.82, 2.24) is 14.1 Å². The predicted octanol–water partition coefficient (Wildman–Crippen LogP) is 14.6. The Morgan fingerprint density at radius 1 is 0.316 bits per heavy atom. The Morgan fingerprint density at radius 3 is 1.56 bits per heavy atom. The first-order chi connectivity index (χ1) is 28.2. The Bertz CT molecular complexity index is 3460. The Balaban J connectivity index is 1.03. The topological polar surface area (TPSA) is 22.8 Å². The quantitative estimate of drug-likeness (QED) is 0.172. The molecule has 4 heterocycles. The molecule has 0 radical (unpaired) electrons. The number of nitrogens with zero attached hydrogens (tertiary/aromatic N) is 3. The molecule has 12 aromatic rings. The van der Waals surface area contributed by atoms with Crippen LogP contribution in [0.5, 0.6) is 0 Å². The molecule has 0 amide bonds. The van der Waals surface area contributed by atoms with E-state index in [1.165, 1.54) is 75.1 Å². The van der Waals surface area contributed by atoms with Crippen LogP contribution in [0.15, 0.2) is 200 Å². The highest BCUT2D eigenvalue weighted by Crippen LogP contribution is 2.41. The van der Waals surface area contributed by atoms with Gasteiger partial charge in [0.05, 0.1) is 27.8 Å². The monoisotopic (exact) mass is 743 g/mol. The van der Waals surface area contributed by atoms with Crippen LogP contribution in [0.3, 0.4) is 0 Å². The Labute approximate surface area is 333 Å². The van der Waals surface area contributed by atoms with Crippen molar-refractivity contribution in [3.63, 3.8) is 0 Å². The van der Waals surface area contributed by atoms with E-state index in [4.69, 9.17) is 4.98 Å². The summed E-state index contributed by atoms with van der Waals surface area (Å²) in [4.78, 5) is 5.33. The largest absolute Gasteiger partial charge is 0.309 e. The fraction of sp³-hybridized carbons (Fsp3) is 0. The maximum atomic E-state index is 5.33. The number of para-hydroxylation sites is 2. The zero-order valence-electron chi connectivity index (χ0n) is 30.8. The number of rotatable bonds is 5. The van der Waals surface area contributed by atoms with E-state index in [2.05, 4.69) is 209 Å². The summed E-state index contributed by atoms with van der Waals surface area (Å²) in [6, 6.07) is 72.6. The molecule has 0 atom stereocenters. The molecule has 266 valence electrons. The van der Waals surface area contributed by atoms with Crippen LogP contribution < -0.4 is 0 Å². The van der Waals surface area contributed by atoms with Crippen LogP contribution >= 0.6 is 11.3 Å². The number of thiophene rings is 1. The second-order valence-corrected chi connectivity index (χ2v) is 15.9. The van der Waals surface area contributed by atoms with Gasteiger partial charge in [-0.15, -0.1) is 11.3 Å². The molecule has 0 fully saturated rings. The Morgan fingerprint density at radius 2 is 0.860 bits per heavy atom. The molecule has 12 rings (SSSR count). The first kappa shape index (κ1) is 32.0. The predicted molar refractivity (Wildman–Crippen MR) is 242 cm³/mol. The molecule has 0 saturated heterocycles. The number of hydrogen-bond acceptors (Lipinski definition) is 2. The molecule has 0 saturated carbocycles. The molecule has 8 aromatic carbocycles. The van der Waals surface area contributed by atoms with E-state index in [-0.39, 0.29) is 0 Å². The van der Waals surface area contributed by atoms with Crippen LogP contribution in [0.25, 0.3) is 109 Å². The zero-order chi connectivity index (χ0) is 37.5. The summed E-state index contributed by atoms with van der Waals surface area (Å²) >= 11 is 1.86. The zero-order valence-corrected chi connectivity index (χ0v) is 31.6. The van der Waals surface area contributed by atoms with Crippen molar-refractivity contribution in [2.24, 2.45) is 0 Å². The lowest BCUT2D eigenvalue weighted by Gasteiger charge is -2.13. The lowest BCUT2D eigenvalue weighted by atomic mass is 10.0. The number of hydrogen-bond donors (Lipinski definition) is 0. The summed E-state index contributed by atoms with van der Waals surface area (Å²) in [5.74, 6) is 0.900. The first-order valence-corrected chi connectivity index (χ1v) is 20.2. The molecule has 0 spiro atoms. The summed E-state index contributed by atoms with van der Waals surface area (Å²) in [6.07, 6.45) is 0. The van der Waals surface area contributed by atoms with E-state index in [0.717, 1.165) is 33.7 Å². The highest BCUT2D eigenvalue weighted by Gasteiger charge is 2.18. The Hall–Kier alpha value is -7.27. The first-order valence-electron chi connectivity index (χ1n) is 19.4. The van der Waals surface area contributed by atoms with Crippen molar-refractivity contribution in [1.29, 1.82) is 0 Å². The van der Waals surface area contributed by atoms with Gasteiger partial charge in [0.2, 0.25) is 0 Å².